The molecular weight excluding hydrogens is 260 g/mol. The summed E-state index contributed by atoms with van der Waals surface area (Å²) in [7, 11) is 0. The van der Waals surface area contributed by atoms with Crippen molar-refractivity contribution in [2.45, 2.75) is 39.3 Å². The zero-order valence-corrected chi connectivity index (χ0v) is 12.2. The molecule has 19 heavy (non-hydrogen) atoms. The zero-order valence-electron chi connectivity index (χ0n) is 11.3. The molecule has 0 bridgehead atoms. The highest BCUT2D eigenvalue weighted by Crippen LogP contribution is 2.21. The number of benzene rings is 1. The summed E-state index contributed by atoms with van der Waals surface area (Å²) in [4.78, 5) is 24.5. The van der Waals surface area contributed by atoms with Gasteiger partial charge in [-0.2, -0.15) is 0 Å². The van der Waals surface area contributed by atoms with Crippen LogP contribution in [0.1, 0.15) is 33.2 Å². The van der Waals surface area contributed by atoms with Crippen molar-refractivity contribution in [3.8, 4) is 0 Å². The molecule has 2 rings (SSSR count). The van der Waals surface area contributed by atoms with Gasteiger partial charge >= 0.3 is 0 Å². The summed E-state index contributed by atoms with van der Waals surface area (Å²) in [5.41, 5.74) is -0.0774. The predicted octanol–water partition coefficient (Wildman–Crippen LogP) is 2.54. The van der Waals surface area contributed by atoms with Crippen LogP contribution < -0.4 is 10.9 Å². The first kappa shape index (κ1) is 13.8. The Balaban J connectivity index is 2.44. The van der Waals surface area contributed by atoms with Gasteiger partial charge < -0.3 is 5.32 Å². The lowest BCUT2D eigenvalue weighted by atomic mass is 10.2. The van der Waals surface area contributed by atoms with E-state index >= 15 is 0 Å². The first-order chi connectivity index (χ1) is 9.04. The van der Waals surface area contributed by atoms with Crippen LogP contribution in [0.4, 0.5) is 0 Å². The number of aromatic nitrogens is 1. The highest BCUT2D eigenvalue weighted by molar-refractivity contribution is 7.14. The molecule has 0 spiro atoms. The zero-order chi connectivity index (χ0) is 14.0. The fraction of sp³-hybridized carbons (Fsp3) is 0.429. The number of hydrogen-bond donors (Lipinski definition) is 1. The van der Waals surface area contributed by atoms with Gasteiger partial charge in [0.2, 0.25) is 5.91 Å². The predicted molar refractivity (Wildman–Crippen MR) is 78.7 cm³/mol. The molecule has 0 fully saturated rings. The Kier molecular flexibility index (Phi) is 4.04. The van der Waals surface area contributed by atoms with E-state index in [-0.39, 0.29) is 17.5 Å². The number of carbonyl (C=O) groups is 1. The van der Waals surface area contributed by atoms with Gasteiger partial charge in [0.25, 0.3) is 5.56 Å². The molecule has 1 N–H and O–H groups in total. The van der Waals surface area contributed by atoms with Crippen molar-refractivity contribution in [1.29, 1.82) is 0 Å². The van der Waals surface area contributed by atoms with Gasteiger partial charge in [0.1, 0.15) is 6.04 Å². The second-order valence-electron chi connectivity index (χ2n) is 4.81. The minimum Gasteiger partial charge on any atom is -0.352 e. The van der Waals surface area contributed by atoms with E-state index < -0.39 is 6.04 Å². The maximum absolute atomic E-state index is 12.3. The molecule has 5 heteroatoms. The maximum Gasteiger partial charge on any atom is 0.269 e. The molecule has 0 saturated heterocycles. The molecule has 1 unspecified atom stereocenters. The summed E-state index contributed by atoms with van der Waals surface area (Å²) in [5.74, 6) is -0.0915. The molecule has 0 radical (unpaired) electrons. The summed E-state index contributed by atoms with van der Waals surface area (Å²) >= 11 is 1.36. The molecule has 1 heterocycles. The van der Waals surface area contributed by atoms with Crippen molar-refractivity contribution < 1.29 is 4.79 Å². The van der Waals surface area contributed by atoms with Gasteiger partial charge in [-0.3, -0.25) is 13.5 Å². The van der Waals surface area contributed by atoms with Gasteiger partial charge in [-0.25, -0.2) is 0 Å². The van der Waals surface area contributed by atoms with Crippen molar-refractivity contribution in [2.75, 3.05) is 0 Å². The van der Waals surface area contributed by atoms with E-state index in [1.807, 2.05) is 39.0 Å². The number of carbonyl (C=O) groups excluding carboxylic acids is 1. The molecule has 0 aliphatic carbocycles. The molecule has 102 valence electrons. The normalized spacial score (nSPS) is 12.8. The Hall–Kier alpha value is -1.62. The van der Waals surface area contributed by atoms with Crippen LogP contribution >= 0.6 is 11.5 Å². The van der Waals surface area contributed by atoms with E-state index in [1.54, 1.807) is 10.0 Å². The molecule has 1 aromatic heterocycles. The van der Waals surface area contributed by atoms with E-state index in [2.05, 4.69) is 5.32 Å². The second kappa shape index (κ2) is 5.57. The van der Waals surface area contributed by atoms with Crippen molar-refractivity contribution in [3.05, 3.63) is 34.6 Å². The van der Waals surface area contributed by atoms with Crippen LogP contribution in [0.15, 0.2) is 29.1 Å². The van der Waals surface area contributed by atoms with Gasteiger partial charge in [-0.05, 0) is 32.4 Å². The van der Waals surface area contributed by atoms with E-state index in [0.717, 1.165) is 4.70 Å². The van der Waals surface area contributed by atoms with E-state index in [9.17, 15) is 9.59 Å². The number of nitrogens with zero attached hydrogens (tertiary/aromatic N) is 1. The molecule has 2 aromatic rings. The molecule has 1 amide bonds. The molecule has 0 aliphatic heterocycles. The first-order valence-electron chi connectivity index (χ1n) is 6.45. The summed E-state index contributed by atoms with van der Waals surface area (Å²) in [6.45, 7) is 5.75. The van der Waals surface area contributed by atoms with E-state index in [0.29, 0.717) is 11.8 Å². The van der Waals surface area contributed by atoms with E-state index in [4.69, 9.17) is 0 Å². The third-order valence-electron chi connectivity index (χ3n) is 2.92. The van der Waals surface area contributed by atoms with Crippen LogP contribution in [-0.2, 0) is 4.79 Å². The fourth-order valence-electron chi connectivity index (χ4n) is 2.03. The van der Waals surface area contributed by atoms with Crippen LogP contribution in [0, 0.1) is 0 Å². The Morgan fingerprint density at radius 2 is 2.05 bits per heavy atom. The van der Waals surface area contributed by atoms with Crippen molar-refractivity contribution in [2.24, 2.45) is 0 Å². The van der Waals surface area contributed by atoms with Gasteiger partial charge in [0.05, 0.1) is 10.1 Å². The quantitative estimate of drug-likeness (QED) is 0.934. The smallest absolute Gasteiger partial charge is 0.269 e. The number of nitrogens with one attached hydrogen (secondary N) is 1. The lowest BCUT2D eigenvalue weighted by Gasteiger charge is -2.16. The lowest BCUT2D eigenvalue weighted by Crippen LogP contribution is -2.38. The summed E-state index contributed by atoms with van der Waals surface area (Å²) < 4.78 is 2.51. The number of fused-ring (bicyclic) bond motifs is 1. The van der Waals surface area contributed by atoms with Gasteiger partial charge in [0.15, 0.2) is 0 Å². The molecular formula is C14H18N2O2S. The number of rotatable bonds is 4. The standard InChI is InChI=1S/C14H18N2O2S/c1-4-11(13(17)15-9(2)3)16-14(18)10-7-5-6-8-12(10)19-16/h5-9,11H,4H2,1-3H3,(H,15,17). The van der Waals surface area contributed by atoms with Crippen molar-refractivity contribution in [1.82, 2.24) is 9.27 Å². The molecule has 4 nitrogen and oxygen atoms in total. The Morgan fingerprint density at radius 1 is 1.37 bits per heavy atom. The summed E-state index contributed by atoms with van der Waals surface area (Å²) in [6.07, 6.45) is 0.602. The van der Waals surface area contributed by atoms with Crippen LogP contribution in [0.25, 0.3) is 10.1 Å². The third kappa shape index (κ3) is 2.71. The highest BCUT2D eigenvalue weighted by atomic mass is 32.1. The minimum absolute atomic E-state index is 0.0756. The van der Waals surface area contributed by atoms with Crippen molar-refractivity contribution in [3.63, 3.8) is 0 Å². The Bertz CT molecular complexity index is 642. The Morgan fingerprint density at radius 3 is 2.63 bits per heavy atom. The van der Waals surface area contributed by atoms with Crippen molar-refractivity contribution >= 4 is 27.5 Å². The van der Waals surface area contributed by atoms with Crippen LogP contribution in [0.5, 0.6) is 0 Å². The largest absolute Gasteiger partial charge is 0.352 e. The molecule has 0 aliphatic rings. The van der Waals surface area contributed by atoms with Gasteiger partial charge in [-0.15, -0.1) is 0 Å². The fourth-order valence-corrected chi connectivity index (χ4v) is 3.19. The molecule has 1 atom stereocenters. The first-order valence-corrected chi connectivity index (χ1v) is 7.22. The van der Waals surface area contributed by atoms with Crippen LogP contribution in [-0.4, -0.2) is 15.9 Å². The molecule has 1 aromatic carbocycles. The number of hydrogen-bond acceptors (Lipinski definition) is 3. The van der Waals surface area contributed by atoms with Crippen LogP contribution in [0.2, 0.25) is 0 Å². The Labute approximate surface area is 116 Å². The van der Waals surface area contributed by atoms with Gasteiger partial charge in [0, 0.05) is 6.04 Å². The summed E-state index contributed by atoms with van der Waals surface area (Å²) in [6, 6.07) is 7.11. The minimum atomic E-state index is -0.424. The maximum atomic E-state index is 12.3. The lowest BCUT2D eigenvalue weighted by molar-refractivity contribution is -0.124. The van der Waals surface area contributed by atoms with E-state index in [1.165, 1.54) is 11.5 Å². The molecule has 0 saturated carbocycles. The summed E-state index contributed by atoms with van der Waals surface area (Å²) in [5, 5.41) is 3.56. The third-order valence-corrected chi connectivity index (χ3v) is 4.09. The topological polar surface area (TPSA) is 51.1 Å². The van der Waals surface area contributed by atoms with Crippen LogP contribution in [0.3, 0.4) is 0 Å². The number of amides is 1. The second-order valence-corrected chi connectivity index (χ2v) is 5.82. The average Bonchev–Trinajstić information content (AvgIpc) is 2.68. The monoisotopic (exact) mass is 278 g/mol. The highest BCUT2D eigenvalue weighted by Gasteiger charge is 2.22. The average molecular weight is 278 g/mol. The SMILES string of the molecule is CCC(C(=O)NC(C)C)n1sc2ccccc2c1=O. The van der Waals surface area contributed by atoms with Gasteiger partial charge in [-0.1, -0.05) is 30.6 Å².